The van der Waals surface area contributed by atoms with Crippen LogP contribution in [0.2, 0.25) is 5.02 Å². The van der Waals surface area contributed by atoms with Gasteiger partial charge in [-0.2, -0.15) is 5.10 Å². The Hall–Kier alpha value is -2.85. The van der Waals surface area contributed by atoms with E-state index in [2.05, 4.69) is 5.10 Å². The van der Waals surface area contributed by atoms with Gasteiger partial charge in [-0.05, 0) is 47.5 Å². The summed E-state index contributed by atoms with van der Waals surface area (Å²) >= 11 is 5.81. The van der Waals surface area contributed by atoms with Crippen LogP contribution in [0.15, 0.2) is 73.1 Å². The van der Waals surface area contributed by atoms with Crippen LogP contribution in [-0.4, -0.2) is 15.7 Å². The van der Waals surface area contributed by atoms with Gasteiger partial charge < -0.3 is 4.74 Å². The molecule has 0 aliphatic carbocycles. The zero-order valence-corrected chi connectivity index (χ0v) is 13.6. The second kappa shape index (κ2) is 7.62. The van der Waals surface area contributed by atoms with E-state index >= 15 is 0 Å². The molecule has 0 bridgehead atoms. The van der Waals surface area contributed by atoms with Crippen molar-refractivity contribution in [2.75, 3.05) is 0 Å². The predicted octanol–water partition coefficient (Wildman–Crippen LogP) is 4.28. The first kappa shape index (κ1) is 16.0. The SMILES string of the molecule is O=C(/C=C/c1ccc(Cl)cc1)OCc1ccc(-n2cccn2)cc1. The standard InChI is InChI=1S/C19H15ClN2O2/c20-17-7-2-15(3-8-17)6-11-19(23)24-14-16-4-9-18(10-5-16)22-13-1-12-21-22/h1-13H,14H2/b11-6+. The quantitative estimate of drug-likeness (QED) is 0.515. The van der Waals surface area contributed by atoms with Crippen molar-refractivity contribution >= 4 is 23.6 Å². The number of hydrogen-bond donors (Lipinski definition) is 0. The van der Waals surface area contributed by atoms with Crippen molar-refractivity contribution in [3.8, 4) is 5.69 Å². The first-order chi connectivity index (χ1) is 11.7. The molecule has 4 nitrogen and oxygen atoms in total. The largest absolute Gasteiger partial charge is 0.458 e. The fourth-order valence-electron chi connectivity index (χ4n) is 2.11. The summed E-state index contributed by atoms with van der Waals surface area (Å²) in [6.45, 7) is 0.225. The molecule has 2 aromatic carbocycles. The Bertz CT molecular complexity index is 823. The molecule has 0 amide bonds. The minimum Gasteiger partial charge on any atom is -0.458 e. The molecular weight excluding hydrogens is 324 g/mol. The van der Waals surface area contributed by atoms with E-state index in [1.54, 1.807) is 29.1 Å². The molecule has 120 valence electrons. The normalized spacial score (nSPS) is 10.9. The van der Waals surface area contributed by atoms with E-state index in [0.29, 0.717) is 5.02 Å². The average molecular weight is 339 g/mol. The lowest BCUT2D eigenvalue weighted by Gasteiger charge is -2.05. The van der Waals surface area contributed by atoms with Gasteiger partial charge in [-0.15, -0.1) is 0 Å². The second-order valence-electron chi connectivity index (χ2n) is 5.11. The van der Waals surface area contributed by atoms with Gasteiger partial charge in [0.1, 0.15) is 6.61 Å². The third-order valence-corrected chi connectivity index (χ3v) is 3.62. The van der Waals surface area contributed by atoms with E-state index in [0.717, 1.165) is 16.8 Å². The minimum absolute atomic E-state index is 0.225. The number of halogens is 1. The third-order valence-electron chi connectivity index (χ3n) is 3.37. The Morgan fingerprint density at radius 2 is 1.88 bits per heavy atom. The summed E-state index contributed by atoms with van der Waals surface area (Å²) in [5.41, 5.74) is 2.76. The Labute approximate surface area is 145 Å². The lowest BCUT2D eigenvalue weighted by molar-refractivity contribution is -0.138. The summed E-state index contributed by atoms with van der Waals surface area (Å²) in [6.07, 6.45) is 6.69. The maximum Gasteiger partial charge on any atom is 0.331 e. The number of benzene rings is 2. The van der Waals surface area contributed by atoms with E-state index in [1.165, 1.54) is 6.08 Å². The van der Waals surface area contributed by atoms with E-state index in [9.17, 15) is 4.79 Å². The van der Waals surface area contributed by atoms with Gasteiger partial charge in [-0.3, -0.25) is 0 Å². The second-order valence-corrected chi connectivity index (χ2v) is 5.55. The molecule has 0 atom stereocenters. The maximum atomic E-state index is 11.8. The number of ether oxygens (including phenoxy) is 1. The molecule has 5 heteroatoms. The fraction of sp³-hybridized carbons (Fsp3) is 0.0526. The highest BCUT2D eigenvalue weighted by Gasteiger charge is 2.01. The molecule has 0 spiro atoms. The number of aromatic nitrogens is 2. The summed E-state index contributed by atoms with van der Waals surface area (Å²) in [7, 11) is 0. The zero-order valence-electron chi connectivity index (χ0n) is 12.8. The summed E-state index contributed by atoms with van der Waals surface area (Å²) in [5.74, 6) is -0.388. The van der Waals surface area contributed by atoms with Gasteiger partial charge in [0.25, 0.3) is 0 Å². The molecule has 0 aliphatic rings. The lowest BCUT2D eigenvalue weighted by Crippen LogP contribution is -2.01. The zero-order chi connectivity index (χ0) is 16.8. The molecular formula is C19H15ClN2O2. The number of esters is 1. The Morgan fingerprint density at radius 1 is 1.12 bits per heavy atom. The summed E-state index contributed by atoms with van der Waals surface area (Å²) in [5, 5.41) is 4.82. The van der Waals surface area contributed by atoms with Gasteiger partial charge in [0.05, 0.1) is 5.69 Å². The molecule has 3 rings (SSSR count). The van der Waals surface area contributed by atoms with Crippen molar-refractivity contribution in [1.82, 2.24) is 9.78 Å². The highest BCUT2D eigenvalue weighted by atomic mass is 35.5. The van der Waals surface area contributed by atoms with Gasteiger partial charge in [-0.1, -0.05) is 35.9 Å². The fourth-order valence-corrected chi connectivity index (χ4v) is 2.23. The molecule has 24 heavy (non-hydrogen) atoms. The average Bonchev–Trinajstić information content (AvgIpc) is 3.14. The molecule has 3 aromatic rings. The summed E-state index contributed by atoms with van der Waals surface area (Å²) in [6, 6.07) is 16.8. The summed E-state index contributed by atoms with van der Waals surface area (Å²) < 4.78 is 7.00. The van der Waals surface area contributed by atoms with Crippen molar-refractivity contribution in [2.45, 2.75) is 6.61 Å². The number of rotatable bonds is 5. The molecule has 0 N–H and O–H groups in total. The van der Waals surface area contributed by atoms with E-state index in [4.69, 9.17) is 16.3 Å². The van der Waals surface area contributed by atoms with Gasteiger partial charge in [0.15, 0.2) is 0 Å². The Kier molecular flexibility index (Phi) is 5.08. The molecule has 0 radical (unpaired) electrons. The smallest absolute Gasteiger partial charge is 0.331 e. The molecule has 0 aliphatic heterocycles. The van der Waals surface area contributed by atoms with Crippen LogP contribution >= 0.6 is 11.6 Å². The van der Waals surface area contributed by atoms with Crippen molar-refractivity contribution < 1.29 is 9.53 Å². The molecule has 0 saturated heterocycles. The maximum absolute atomic E-state index is 11.8. The van der Waals surface area contributed by atoms with Gasteiger partial charge in [0.2, 0.25) is 0 Å². The van der Waals surface area contributed by atoms with Crippen molar-refractivity contribution in [3.63, 3.8) is 0 Å². The minimum atomic E-state index is -0.388. The molecule has 1 aromatic heterocycles. The van der Waals surface area contributed by atoms with Crippen LogP contribution in [0, 0.1) is 0 Å². The number of carbonyl (C=O) groups excluding carboxylic acids is 1. The van der Waals surface area contributed by atoms with Crippen LogP contribution in [0.4, 0.5) is 0 Å². The monoisotopic (exact) mass is 338 g/mol. The first-order valence-electron chi connectivity index (χ1n) is 7.40. The van der Waals surface area contributed by atoms with Gasteiger partial charge >= 0.3 is 5.97 Å². The van der Waals surface area contributed by atoms with Crippen LogP contribution in [0.5, 0.6) is 0 Å². The van der Waals surface area contributed by atoms with Gasteiger partial charge in [0, 0.05) is 23.5 Å². The molecule has 0 saturated carbocycles. The van der Waals surface area contributed by atoms with Crippen molar-refractivity contribution in [2.24, 2.45) is 0 Å². The van der Waals surface area contributed by atoms with Crippen LogP contribution in [0.3, 0.4) is 0 Å². The van der Waals surface area contributed by atoms with Crippen LogP contribution in [0.25, 0.3) is 11.8 Å². The molecule has 1 heterocycles. The highest BCUT2D eigenvalue weighted by Crippen LogP contribution is 2.12. The van der Waals surface area contributed by atoms with E-state index < -0.39 is 0 Å². The molecule has 0 unspecified atom stereocenters. The predicted molar refractivity (Wildman–Crippen MR) is 93.8 cm³/mol. The van der Waals surface area contributed by atoms with Crippen LogP contribution < -0.4 is 0 Å². The summed E-state index contributed by atoms with van der Waals surface area (Å²) in [4.78, 5) is 11.8. The topological polar surface area (TPSA) is 44.1 Å². The van der Waals surface area contributed by atoms with Crippen LogP contribution in [-0.2, 0) is 16.1 Å². The lowest BCUT2D eigenvalue weighted by atomic mass is 10.2. The number of carbonyl (C=O) groups is 1. The number of hydrogen-bond acceptors (Lipinski definition) is 3. The Balaban J connectivity index is 1.53. The van der Waals surface area contributed by atoms with Gasteiger partial charge in [-0.25, -0.2) is 9.48 Å². The van der Waals surface area contributed by atoms with E-state index in [1.807, 2.05) is 48.7 Å². The highest BCUT2D eigenvalue weighted by molar-refractivity contribution is 6.30. The third kappa shape index (κ3) is 4.33. The first-order valence-corrected chi connectivity index (χ1v) is 7.78. The molecule has 0 fully saturated rings. The Morgan fingerprint density at radius 3 is 2.54 bits per heavy atom. The van der Waals surface area contributed by atoms with Crippen molar-refractivity contribution in [3.05, 3.63) is 89.2 Å². The van der Waals surface area contributed by atoms with Crippen molar-refractivity contribution in [1.29, 1.82) is 0 Å². The van der Waals surface area contributed by atoms with Crippen LogP contribution in [0.1, 0.15) is 11.1 Å². The number of nitrogens with zero attached hydrogens (tertiary/aromatic N) is 2. The van der Waals surface area contributed by atoms with E-state index in [-0.39, 0.29) is 12.6 Å².